The quantitative estimate of drug-likeness (QED) is 0.780. The first-order chi connectivity index (χ1) is 9.17. The molecule has 1 aromatic carbocycles. The molecule has 0 saturated heterocycles. The van der Waals surface area contributed by atoms with Crippen molar-refractivity contribution in [3.8, 4) is 0 Å². The SMILES string of the molecule is CCC(CC)c1ccccc1C(CC(=O)O)C1CC1. The lowest BCUT2D eigenvalue weighted by molar-refractivity contribution is -0.137. The van der Waals surface area contributed by atoms with Crippen molar-refractivity contribution in [1.82, 2.24) is 0 Å². The minimum Gasteiger partial charge on any atom is -0.481 e. The van der Waals surface area contributed by atoms with E-state index in [0.717, 1.165) is 12.8 Å². The molecule has 0 radical (unpaired) electrons. The van der Waals surface area contributed by atoms with Crippen molar-refractivity contribution in [3.05, 3.63) is 35.4 Å². The Morgan fingerprint density at radius 3 is 2.26 bits per heavy atom. The van der Waals surface area contributed by atoms with Gasteiger partial charge in [0, 0.05) is 0 Å². The third-order valence-electron chi connectivity index (χ3n) is 4.41. The highest BCUT2D eigenvalue weighted by molar-refractivity contribution is 5.68. The molecular weight excluding hydrogens is 236 g/mol. The number of aliphatic carboxylic acids is 1. The molecule has 2 heteroatoms. The van der Waals surface area contributed by atoms with E-state index in [-0.39, 0.29) is 12.3 Å². The van der Waals surface area contributed by atoms with Crippen molar-refractivity contribution in [1.29, 1.82) is 0 Å². The first-order valence-electron chi connectivity index (χ1n) is 7.47. The molecule has 1 atom stereocenters. The van der Waals surface area contributed by atoms with Crippen LogP contribution in [0.5, 0.6) is 0 Å². The summed E-state index contributed by atoms with van der Waals surface area (Å²) < 4.78 is 0. The number of rotatable bonds is 7. The van der Waals surface area contributed by atoms with Crippen LogP contribution in [0, 0.1) is 5.92 Å². The molecule has 1 aliphatic carbocycles. The largest absolute Gasteiger partial charge is 0.481 e. The molecule has 1 N–H and O–H groups in total. The number of carboxylic acids is 1. The fourth-order valence-electron chi connectivity index (χ4n) is 3.17. The minimum atomic E-state index is -0.670. The summed E-state index contributed by atoms with van der Waals surface area (Å²) >= 11 is 0. The number of hydrogen-bond donors (Lipinski definition) is 1. The Balaban J connectivity index is 2.33. The highest BCUT2D eigenvalue weighted by atomic mass is 16.4. The van der Waals surface area contributed by atoms with Gasteiger partial charge < -0.3 is 5.11 Å². The lowest BCUT2D eigenvalue weighted by Gasteiger charge is -2.23. The average molecular weight is 260 g/mol. The van der Waals surface area contributed by atoms with Gasteiger partial charge in [0.15, 0.2) is 0 Å². The van der Waals surface area contributed by atoms with Crippen LogP contribution >= 0.6 is 0 Å². The fourth-order valence-corrected chi connectivity index (χ4v) is 3.17. The molecule has 19 heavy (non-hydrogen) atoms. The van der Waals surface area contributed by atoms with Crippen molar-refractivity contribution in [3.63, 3.8) is 0 Å². The Bertz CT molecular complexity index is 431. The van der Waals surface area contributed by atoms with E-state index in [0.29, 0.717) is 11.8 Å². The Morgan fingerprint density at radius 2 is 1.79 bits per heavy atom. The van der Waals surface area contributed by atoms with Gasteiger partial charge in [0.05, 0.1) is 6.42 Å². The molecule has 0 aromatic heterocycles. The smallest absolute Gasteiger partial charge is 0.303 e. The molecule has 2 rings (SSSR count). The summed E-state index contributed by atoms with van der Waals surface area (Å²) in [6.07, 6.45) is 4.90. The molecule has 2 nitrogen and oxygen atoms in total. The van der Waals surface area contributed by atoms with E-state index in [1.807, 2.05) is 0 Å². The van der Waals surface area contributed by atoms with E-state index in [1.165, 1.54) is 24.0 Å². The van der Waals surface area contributed by atoms with E-state index in [4.69, 9.17) is 5.11 Å². The molecule has 1 saturated carbocycles. The van der Waals surface area contributed by atoms with E-state index < -0.39 is 5.97 Å². The van der Waals surface area contributed by atoms with Gasteiger partial charge in [-0.1, -0.05) is 38.1 Å². The molecule has 0 heterocycles. The highest BCUT2D eigenvalue weighted by Gasteiger charge is 2.35. The van der Waals surface area contributed by atoms with Crippen LogP contribution in [0.4, 0.5) is 0 Å². The van der Waals surface area contributed by atoms with Crippen LogP contribution in [0.3, 0.4) is 0 Å². The fraction of sp³-hybridized carbons (Fsp3) is 0.588. The molecule has 104 valence electrons. The average Bonchev–Trinajstić information content (AvgIpc) is 3.22. The first-order valence-corrected chi connectivity index (χ1v) is 7.47. The van der Waals surface area contributed by atoms with Gasteiger partial charge in [-0.3, -0.25) is 4.79 Å². The Labute approximate surface area is 115 Å². The van der Waals surface area contributed by atoms with E-state index in [1.54, 1.807) is 0 Å². The van der Waals surface area contributed by atoms with Gasteiger partial charge in [-0.15, -0.1) is 0 Å². The summed E-state index contributed by atoms with van der Waals surface area (Å²) in [6, 6.07) is 8.49. The molecular formula is C17H24O2. The van der Waals surface area contributed by atoms with Gasteiger partial charge in [-0.2, -0.15) is 0 Å². The lowest BCUT2D eigenvalue weighted by Crippen LogP contribution is -2.12. The summed E-state index contributed by atoms with van der Waals surface area (Å²) in [5, 5.41) is 9.17. The van der Waals surface area contributed by atoms with Crippen molar-refractivity contribution < 1.29 is 9.90 Å². The molecule has 1 aliphatic rings. The van der Waals surface area contributed by atoms with E-state index in [2.05, 4.69) is 38.1 Å². The van der Waals surface area contributed by atoms with Crippen molar-refractivity contribution in [2.75, 3.05) is 0 Å². The molecule has 0 amide bonds. The highest BCUT2D eigenvalue weighted by Crippen LogP contribution is 2.46. The topological polar surface area (TPSA) is 37.3 Å². The summed E-state index contributed by atoms with van der Waals surface area (Å²) in [4.78, 5) is 11.1. The zero-order valence-electron chi connectivity index (χ0n) is 11.9. The predicted octanol–water partition coefficient (Wildman–Crippen LogP) is 4.56. The van der Waals surface area contributed by atoms with Crippen LogP contribution in [0.1, 0.15) is 68.9 Å². The third kappa shape index (κ3) is 3.37. The summed E-state index contributed by atoms with van der Waals surface area (Å²) in [5.41, 5.74) is 2.67. The molecule has 0 bridgehead atoms. The van der Waals surface area contributed by atoms with Crippen LogP contribution in [-0.2, 0) is 4.79 Å². The maximum absolute atomic E-state index is 11.1. The van der Waals surface area contributed by atoms with Crippen molar-refractivity contribution >= 4 is 5.97 Å². The second kappa shape index (κ2) is 6.23. The number of carboxylic acid groups (broad SMARTS) is 1. The third-order valence-corrected chi connectivity index (χ3v) is 4.41. The minimum absolute atomic E-state index is 0.217. The summed E-state index contributed by atoms with van der Waals surface area (Å²) in [6.45, 7) is 4.43. The van der Waals surface area contributed by atoms with Gasteiger partial charge in [0.25, 0.3) is 0 Å². The Morgan fingerprint density at radius 1 is 1.21 bits per heavy atom. The lowest BCUT2D eigenvalue weighted by atomic mass is 9.81. The second-order valence-corrected chi connectivity index (χ2v) is 5.68. The standard InChI is InChI=1S/C17H24O2/c1-3-12(4-2)14-7-5-6-8-15(14)16(11-17(18)19)13-9-10-13/h5-8,12-13,16H,3-4,9-11H2,1-2H3,(H,18,19). The molecule has 0 spiro atoms. The van der Waals surface area contributed by atoms with Gasteiger partial charge >= 0.3 is 5.97 Å². The van der Waals surface area contributed by atoms with E-state index in [9.17, 15) is 4.79 Å². The van der Waals surface area contributed by atoms with Crippen LogP contribution in [-0.4, -0.2) is 11.1 Å². The predicted molar refractivity (Wildman–Crippen MR) is 77.5 cm³/mol. The Hall–Kier alpha value is -1.31. The van der Waals surface area contributed by atoms with Gasteiger partial charge in [0.1, 0.15) is 0 Å². The van der Waals surface area contributed by atoms with Crippen LogP contribution in [0.25, 0.3) is 0 Å². The zero-order chi connectivity index (χ0) is 13.8. The number of hydrogen-bond acceptors (Lipinski definition) is 1. The van der Waals surface area contributed by atoms with Gasteiger partial charge in [-0.05, 0) is 54.6 Å². The molecule has 1 unspecified atom stereocenters. The monoisotopic (exact) mass is 260 g/mol. The summed E-state index contributed by atoms with van der Waals surface area (Å²) in [7, 11) is 0. The van der Waals surface area contributed by atoms with E-state index >= 15 is 0 Å². The number of benzene rings is 1. The second-order valence-electron chi connectivity index (χ2n) is 5.68. The maximum Gasteiger partial charge on any atom is 0.303 e. The van der Waals surface area contributed by atoms with Crippen LogP contribution in [0.15, 0.2) is 24.3 Å². The molecule has 1 fully saturated rings. The number of carbonyl (C=O) groups is 1. The van der Waals surface area contributed by atoms with Crippen LogP contribution < -0.4 is 0 Å². The first kappa shape index (κ1) is 14.1. The zero-order valence-corrected chi connectivity index (χ0v) is 11.9. The van der Waals surface area contributed by atoms with Crippen molar-refractivity contribution in [2.24, 2.45) is 5.92 Å². The molecule has 0 aliphatic heterocycles. The van der Waals surface area contributed by atoms with Gasteiger partial charge in [0.2, 0.25) is 0 Å². The van der Waals surface area contributed by atoms with Crippen molar-refractivity contribution in [2.45, 2.75) is 57.8 Å². The maximum atomic E-state index is 11.1. The normalized spacial score (nSPS) is 16.6. The molecule has 1 aromatic rings. The van der Waals surface area contributed by atoms with Crippen LogP contribution in [0.2, 0.25) is 0 Å². The summed E-state index contributed by atoms with van der Waals surface area (Å²) in [5.74, 6) is 0.698. The van der Waals surface area contributed by atoms with Gasteiger partial charge in [-0.25, -0.2) is 0 Å². The Kier molecular flexibility index (Phi) is 4.62.